The van der Waals surface area contributed by atoms with E-state index in [4.69, 9.17) is 0 Å². The van der Waals surface area contributed by atoms with Crippen molar-refractivity contribution in [2.75, 3.05) is 11.9 Å². The van der Waals surface area contributed by atoms with Gasteiger partial charge in [0.25, 0.3) is 0 Å². The third-order valence-corrected chi connectivity index (χ3v) is 2.97. The van der Waals surface area contributed by atoms with E-state index in [9.17, 15) is 14.4 Å². The first-order chi connectivity index (χ1) is 7.52. The molecule has 1 aliphatic heterocycles. The fourth-order valence-electron chi connectivity index (χ4n) is 1.38. The SMILES string of the molecule is CN1C(=O)C(=O)N(c2ccc(I)cc2)C1=O. The molecule has 0 N–H and O–H groups in total. The molecule has 1 fully saturated rings. The second-order valence-electron chi connectivity index (χ2n) is 3.26. The molecule has 0 atom stereocenters. The molecule has 0 saturated carbocycles. The maximum Gasteiger partial charge on any atom is 0.338 e. The number of carbonyl (C=O) groups is 3. The first-order valence-electron chi connectivity index (χ1n) is 4.44. The molecule has 0 radical (unpaired) electrons. The zero-order valence-electron chi connectivity index (χ0n) is 8.31. The van der Waals surface area contributed by atoms with Gasteiger partial charge in [-0.1, -0.05) is 0 Å². The highest BCUT2D eigenvalue weighted by Gasteiger charge is 2.43. The van der Waals surface area contributed by atoms with Gasteiger partial charge in [-0.2, -0.15) is 0 Å². The van der Waals surface area contributed by atoms with E-state index in [2.05, 4.69) is 22.6 Å². The first kappa shape index (κ1) is 11.1. The Labute approximate surface area is 105 Å². The van der Waals surface area contributed by atoms with Crippen molar-refractivity contribution in [3.63, 3.8) is 0 Å². The highest BCUT2D eigenvalue weighted by atomic mass is 127. The summed E-state index contributed by atoms with van der Waals surface area (Å²) in [6.45, 7) is 0. The number of imide groups is 2. The minimum absolute atomic E-state index is 0.410. The summed E-state index contributed by atoms with van der Waals surface area (Å²) >= 11 is 2.11. The number of nitrogens with zero attached hydrogens (tertiary/aromatic N) is 2. The summed E-state index contributed by atoms with van der Waals surface area (Å²) < 4.78 is 0.986. The molecular formula is C10H7IN2O3. The molecular weight excluding hydrogens is 323 g/mol. The Balaban J connectivity index is 2.42. The summed E-state index contributed by atoms with van der Waals surface area (Å²) in [5, 5.41) is 0. The van der Waals surface area contributed by atoms with Crippen molar-refractivity contribution in [3.05, 3.63) is 27.8 Å². The van der Waals surface area contributed by atoms with Gasteiger partial charge in [-0.05, 0) is 46.9 Å². The first-order valence-corrected chi connectivity index (χ1v) is 5.52. The lowest BCUT2D eigenvalue weighted by Gasteiger charge is -2.12. The summed E-state index contributed by atoms with van der Waals surface area (Å²) in [6, 6.07) is 6.17. The number of carbonyl (C=O) groups excluding carboxylic acids is 3. The predicted octanol–water partition coefficient (Wildman–Crippen LogP) is 1.22. The van der Waals surface area contributed by atoms with E-state index in [0.29, 0.717) is 5.69 Å². The quantitative estimate of drug-likeness (QED) is 0.442. The molecule has 1 aromatic rings. The number of urea groups is 1. The minimum Gasteiger partial charge on any atom is -0.263 e. The van der Waals surface area contributed by atoms with E-state index in [0.717, 1.165) is 13.4 Å². The number of benzene rings is 1. The fourth-order valence-corrected chi connectivity index (χ4v) is 1.74. The average molecular weight is 330 g/mol. The number of rotatable bonds is 1. The third kappa shape index (κ3) is 1.58. The Bertz CT molecular complexity index is 483. The van der Waals surface area contributed by atoms with Gasteiger partial charge >= 0.3 is 17.8 Å². The van der Waals surface area contributed by atoms with Gasteiger partial charge < -0.3 is 0 Å². The predicted molar refractivity (Wildman–Crippen MR) is 64.8 cm³/mol. The number of likely N-dealkylation sites (N-methyl/N-ethyl adjacent to an activating group) is 1. The van der Waals surface area contributed by atoms with E-state index < -0.39 is 17.8 Å². The number of anilines is 1. The summed E-state index contributed by atoms with van der Waals surface area (Å²) in [4.78, 5) is 36.1. The van der Waals surface area contributed by atoms with E-state index in [1.165, 1.54) is 7.05 Å². The van der Waals surface area contributed by atoms with E-state index in [1.54, 1.807) is 24.3 Å². The Morgan fingerprint density at radius 2 is 1.56 bits per heavy atom. The topological polar surface area (TPSA) is 57.7 Å². The Morgan fingerprint density at radius 3 is 2.00 bits per heavy atom. The highest BCUT2D eigenvalue weighted by molar-refractivity contribution is 14.1. The van der Waals surface area contributed by atoms with Crippen molar-refractivity contribution in [1.29, 1.82) is 0 Å². The molecule has 1 aromatic carbocycles. The van der Waals surface area contributed by atoms with Crippen LogP contribution in [0.3, 0.4) is 0 Å². The zero-order valence-corrected chi connectivity index (χ0v) is 10.5. The van der Waals surface area contributed by atoms with Crippen LogP contribution in [0.1, 0.15) is 0 Å². The van der Waals surface area contributed by atoms with Crippen LogP contribution < -0.4 is 4.90 Å². The van der Waals surface area contributed by atoms with Gasteiger partial charge in [0, 0.05) is 10.6 Å². The average Bonchev–Trinajstić information content (AvgIpc) is 2.46. The van der Waals surface area contributed by atoms with Crippen LogP contribution in [0.25, 0.3) is 0 Å². The molecule has 1 heterocycles. The van der Waals surface area contributed by atoms with Crippen molar-refractivity contribution < 1.29 is 14.4 Å². The Hall–Kier alpha value is -1.44. The Kier molecular flexibility index (Phi) is 2.66. The van der Waals surface area contributed by atoms with Crippen molar-refractivity contribution in [1.82, 2.24) is 4.90 Å². The zero-order chi connectivity index (χ0) is 11.9. The van der Waals surface area contributed by atoms with Gasteiger partial charge in [0.15, 0.2) is 0 Å². The number of hydrogen-bond acceptors (Lipinski definition) is 3. The fraction of sp³-hybridized carbons (Fsp3) is 0.100. The van der Waals surface area contributed by atoms with E-state index in [-0.39, 0.29) is 0 Å². The molecule has 0 bridgehead atoms. The second-order valence-corrected chi connectivity index (χ2v) is 4.51. The van der Waals surface area contributed by atoms with Crippen molar-refractivity contribution in [3.8, 4) is 0 Å². The smallest absolute Gasteiger partial charge is 0.263 e. The number of halogens is 1. The van der Waals surface area contributed by atoms with E-state index >= 15 is 0 Å². The van der Waals surface area contributed by atoms with Gasteiger partial charge in [-0.15, -0.1) is 0 Å². The molecule has 5 nitrogen and oxygen atoms in total. The lowest BCUT2D eigenvalue weighted by Crippen LogP contribution is -2.31. The molecule has 0 spiro atoms. The summed E-state index contributed by atoms with van der Waals surface area (Å²) in [5.41, 5.74) is 0.410. The second kappa shape index (κ2) is 3.85. The molecule has 1 aliphatic rings. The van der Waals surface area contributed by atoms with Crippen molar-refractivity contribution in [2.24, 2.45) is 0 Å². The lowest BCUT2D eigenvalue weighted by atomic mass is 10.3. The van der Waals surface area contributed by atoms with E-state index in [1.807, 2.05) is 0 Å². The van der Waals surface area contributed by atoms with Gasteiger partial charge in [-0.25, -0.2) is 9.69 Å². The molecule has 0 aliphatic carbocycles. The van der Waals surface area contributed by atoms with Crippen LogP contribution in [0.15, 0.2) is 24.3 Å². The molecule has 0 aromatic heterocycles. The van der Waals surface area contributed by atoms with Crippen LogP contribution in [0.2, 0.25) is 0 Å². The Morgan fingerprint density at radius 1 is 1.00 bits per heavy atom. The number of hydrogen-bond donors (Lipinski definition) is 0. The molecule has 1 saturated heterocycles. The summed E-state index contributed by atoms with van der Waals surface area (Å²) in [6.07, 6.45) is 0. The van der Waals surface area contributed by atoms with Gasteiger partial charge in [-0.3, -0.25) is 14.5 Å². The highest BCUT2D eigenvalue weighted by Crippen LogP contribution is 2.21. The van der Waals surface area contributed by atoms with Crippen LogP contribution in [0.4, 0.5) is 10.5 Å². The van der Waals surface area contributed by atoms with Crippen LogP contribution in [-0.2, 0) is 9.59 Å². The molecule has 0 unspecified atom stereocenters. The third-order valence-electron chi connectivity index (χ3n) is 2.25. The molecule has 6 heteroatoms. The standard InChI is InChI=1S/C10H7IN2O3/c1-12-8(14)9(15)13(10(12)16)7-4-2-6(11)3-5-7/h2-5H,1H3. The van der Waals surface area contributed by atoms with Crippen LogP contribution in [0.5, 0.6) is 0 Å². The van der Waals surface area contributed by atoms with Gasteiger partial charge in [0.05, 0.1) is 5.69 Å². The normalized spacial score (nSPS) is 16.2. The summed E-state index contributed by atoms with van der Waals surface area (Å²) in [7, 11) is 1.29. The lowest BCUT2D eigenvalue weighted by molar-refractivity contribution is -0.138. The molecule has 4 amide bonds. The van der Waals surface area contributed by atoms with Crippen LogP contribution in [0, 0.1) is 3.57 Å². The minimum atomic E-state index is -0.811. The van der Waals surface area contributed by atoms with Crippen molar-refractivity contribution >= 4 is 46.1 Å². The maximum atomic E-state index is 11.6. The van der Waals surface area contributed by atoms with Crippen molar-refractivity contribution in [2.45, 2.75) is 0 Å². The molecule has 2 rings (SSSR count). The molecule has 16 heavy (non-hydrogen) atoms. The van der Waals surface area contributed by atoms with Gasteiger partial charge in [0.1, 0.15) is 0 Å². The largest absolute Gasteiger partial charge is 0.338 e. The number of amides is 4. The van der Waals surface area contributed by atoms with Crippen LogP contribution in [-0.4, -0.2) is 29.8 Å². The van der Waals surface area contributed by atoms with Crippen LogP contribution >= 0.6 is 22.6 Å². The summed E-state index contributed by atoms with van der Waals surface area (Å²) in [5.74, 6) is -1.61. The monoisotopic (exact) mass is 330 g/mol. The molecule has 82 valence electrons. The maximum absolute atomic E-state index is 11.6. The van der Waals surface area contributed by atoms with Gasteiger partial charge in [0.2, 0.25) is 0 Å².